The van der Waals surface area contributed by atoms with Gasteiger partial charge in [0.05, 0.1) is 0 Å². The number of fused-ring (bicyclic) bond motifs is 2. The summed E-state index contributed by atoms with van der Waals surface area (Å²) in [7, 11) is 0. The Morgan fingerprint density at radius 2 is 0.962 bits per heavy atom. The molecule has 0 bridgehead atoms. The number of hydrogen-bond acceptors (Lipinski definition) is 2. The Labute approximate surface area is 154 Å². The predicted molar refractivity (Wildman–Crippen MR) is 115 cm³/mol. The average molecular weight is 340 g/mol. The number of anilines is 2. The summed E-state index contributed by atoms with van der Waals surface area (Å²) in [5.74, 6) is 0. The molecule has 2 nitrogen and oxygen atoms in total. The highest BCUT2D eigenvalue weighted by molar-refractivity contribution is 6.13. The number of benzene rings is 4. The molecule has 0 aliphatic carbocycles. The fraction of sp³-hybridized carbons (Fsp3) is 0.167. The van der Waals surface area contributed by atoms with Gasteiger partial charge in [0.25, 0.3) is 0 Å². The summed E-state index contributed by atoms with van der Waals surface area (Å²) in [6.45, 7) is 6.08. The predicted octanol–water partition coefficient (Wildman–Crippen LogP) is 6.52. The minimum atomic E-state index is 0.895. The molecule has 0 saturated heterocycles. The van der Waals surface area contributed by atoms with E-state index in [2.05, 4.69) is 97.3 Å². The molecular weight excluding hydrogens is 316 g/mol. The largest absolute Gasteiger partial charge is 0.385 e. The first kappa shape index (κ1) is 16.5. The molecule has 0 heterocycles. The van der Waals surface area contributed by atoms with Gasteiger partial charge in [-0.05, 0) is 47.5 Å². The topological polar surface area (TPSA) is 24.1 Å². The van der Waals surface area contributed by atoms with Crippen LogP contribution in [0.25, 0.3) is 32.7 Å². The van der Waals surface area contributed by atoms with Gasteiger partial charge in [0.2, 0.25) is 0 Å². The van der Waals surface area contributed by atoms with E-state index in [9.17, 15) is 0 Å². The van der Waals surface area contributed by atoms with Crippen molar-refractivity contribution < 1.29 is 0 Å². The zero-order chi connectivity index (χ0) is 17.9. The molecule has 0 saturated carbocycles. The van der Waals surface area contributed by atoms with Crippen molar-refractivity contribution in [2.75, 3.05) is 23.7 Å². The molecule has 4 aromatic carbocycles. The molecule has 0 amide bonds. The lowest BCUT2D eigenvalue weighted by atomic mass is 9.91. The molecule has 4 rings (SSSR count). The van der Waals surface area contributed by atoms with Crippen LogP contribution < -0.4 is 10.6 Å². The number of nitrogens with one attached hydrogen (secondary N) is 2. The molecule has 26 heavy (non-hydrogen) atoms. The Morgan fingerprint density at radius 3 is 1.38 bits per heavy atom. The Balaban J connectivity index is 2.15. The molecule has 2 heteroatoms. The van der Waals surface area contributed by atoms with Crippen LogP contribution in [-0.2, 0) is 0 Å². The van der Waals surface area contributed by atoms with E-state index in [1.807, 2.05) is 0 Å². The van der Waals surface area contributed by atoms with Crippen LogP contribution in [0.4, 0.5) is 11.4 Å². The van der Waals surface area contributed by atoms with Crippen LogP contribution in [0.1, 0.15) is 13.8 Å². The molecule has 0 aromatic heterocycles. The van der Waals surface area contributed by atoms with Gasteiger partial charge in [-0.1, -0.05) is 60.7 Å². The van der Waals surface area contributed by atoms with E-state index >= 15 is 0 Å². The average Bonchev–Trinajstić information content (AvgIpc) is 2.69. The maximum Gasteiger partial charge on any atom is 0.0427 e. The quantitative estimate of drug-likeness (QED) is 0.432. The first-order valence-corrected chi connectivity index (χ1v) is 9.35. The molecular formula is C24H24N2. The Hall–Kier alpha value is -3.00. The third-order valence-electron chi connectivity index (χ3n) is 4.84. The maximum absolute atomic E-state index is 3.57. The molecule has 0 spiro atoms. The van der Waals surface area contributed by atoms with Crippen molar-refractivity contribution in [3.8, 4) is 11.1 Å². The van der Waals surface area contributed by atoms with Gasteiger partial charge in [-0.15, -0.1) is 0 Å². The van der Waals surface area contributed by atoms with Gasteiger partial charge in [-0.3, -0.25) is 0 Å². The molecule has 0 unspecified atom stereocenters. The smallest absolute Gasteiger partial charge is 0.0427 e. The van der Waals surface area contributed by atoms with E-state index in [1.54, 1.807) is 0 Å². The van der Waals surface area contributed by atoms with E-state index in [4.69, 9.17) is 0 Å². The normalized spacial score (nSPS) is 11.0. The van der Waals surface area contributed by atoms with Crippen molar-refractivity contribution in [3.63, 3.8) is 0 Å². The fourth-order valence-corrected chi connectivity index (χ4v) is 3.76. The molecule has 0 aliphatic heterocycles. The summed E-state index contributed by atoms with van der Waals surface area (Å²) in [5, 5.41) is 12.2. The van der Waals surface area contributed by atoms with Crippen molar-refractivity contribution in [3.05, 3.63) is 72.8 Å². The standard InChI is InChI=1S/C24H24N2/c1-3-25-21-15-13-17-9-5-7-11-19(17)23(21)24-20-12-8-6-10-18(20)14-16-22(24)26-4-2/h5-16,25-26H,3-4H2,1-2H3. The van der Waals surface area contributed by atoms with Crippen molar-refractivity contribution in [2.45, 2.75) is 13.8 Å². The zero-order valence-electron chi connectivity index (χ0n) is 15.3. The number of hydrogen-bond donors (Lipinski definition) is 2. The van der Waals surface area contributed by atoms with Gasteiger partial charge in [-0.25, -0.2) is 0 Å². The van der Waals surface area contributed by atoms with Crippen LogP contribution >= 0.6 is 0 Å². The first-order chi connectivity index (χ1) is 12.8. The minimum absolute atomic E-state index is 0.895. The van der Waals surface area contributed by atoms with Gasteiger partial charge in [0, 0.05) is 35.6 Å². The summed E-state index contributed by atoms with van der Waals surface area (Å²) < 4.78 is 0. The van der Waals surface area contributed by atoms with E-state index in [0.717, 1.165) is 13.1 Å². The highest BCUT2D eigenvalue weighted by Crippen LogP contribution is 2.43. The van der Waals surface area contributed by atoms with Crippen LogP contribution in [0, 0.1) is 0 Å². The van der Waals surface area contributed by atoms with Gasteiger partial charge < -0.3 is 10.6 Å². The SMILES string of the molecule is CCNc1ccc2ccccc2c1-c1c(NCC)ccc2ccccc12. The maximum atomic E-state index is 3.57. The van der Waals surface area contributed by atoms with E-state index < -0.39 is 0 Å². The van der Waals surface area contributed by atoms with Gasteiger partial charge in [-0.2, -0.15) is 0 Å². The van der Waals surface area contributed by atoms with Gasteiger partial charge in [0.15, 0.2) is 0 Å². The summed E-state index contributed by atoms with van der Waals surface area (Å²) in [6, 6.07) is 26.1. The van der Waals surface area contributed by atoms with Crippen LogP contribution in [0.5, 0.6) is 0 Å². The van der Waals surface area contributed by atoms with E-state index in [1.165, 1.54) is 44.0 Å². The highest BCUT2D eigenvalue weighted by Gasteiger charge is 2.16. The summed E-state index contributed by atoms with van der Waals surface area (Å²) >= 11 is 0. The monoisotopic (exact) mass is 340 g/mol. The zero-order valence-corrected chi connectivity index (χ0v) is 15.3. The van der Waals surface area contributed by atoms with E-state index in [-0.39, 0.29) is 0 Å². The number of rotatable bonds is 5. The lowest BCUT2D eigenvalue weighted by molar-refractivity contribution is 1.21. The molecule has 0 aliphatic rings. The third-order valence-corrected chi connectivity index (χ3v) is 4.84. The summed E-state index contributed by atoms with van der Waals surface area (Å²) in [4.78, 5) is 0. The molecule has 130 valence electrons. The van der Waals surface area contributed by atoms with Crippen molar-refractivity contribution in [1.29, 1.82) is 0 Å². The Bertz CT molecular complexity index is 979. The molecule has 2 N–H and O–H groups in total. The highest BCUT2D eigenvalue weighted by atomic mass is 14.9. The first-order valence-electron chi connectivity index (χ1n) is 9.35. The summed E-state index contributed by atoms with van der Waals surface area (Å²) in [6.07, 6.45) is 0. The van der Waals surface area contributed by atoms with Crippen molar-refractivity contribution in [2.24, 2.45) is 0 Å². The minimum Gasteiger partial charge on any atom is -0.385 e. The molecule has 4 aromatic rings. The van der Waals surface area contributed by atoms with Gasteiger partial charge >= 0.3 is 0 Å². The molecule has 0 atom stereocenters. The second-order valence-electron chi connectivity index (χ2n) is 6.48. The molecule has 0 fully saturated rings. The second-order valence-corrected chi connectivity index (χ2v) is 6.48. The Morgan fingerprint density at radius 1 is 0.538 bits per heavy atom. The fourth-order valence-electron chi connectivity index (χ4n) is 3.76. The van der Waals surface area contributed by atoms with Crippen molar-refractivity contribution >= 4 is 32.9 Å². The third kappa shape index (κ3) is 2.78. The lowest BCUT2D eigenvalue weighted by Gasteiger charge is -2.20. The Kier molecular flexibility index (Phi) is 4.49. The van der Waals surface area contributed by atoms with E-state index in [0.29, 0.717) is 0 Å². The van der Waals surface area contributed by atoms with Crippen LogP contribution in [0.15, 0.2) is 72.8 Å². The molecule has 0 radical (unpaired) electrons. The lowest BCUT2D eigenvalue weighted by Crippen LogP contribution is -2.03. The van der Waals surface area contributed by atoms with Crippen LogP contribution in [0.3, 0.4) is 0 Å². The summed E-state index contributed by atoms with van der Waals surface area (Å²) in [5.41, 5.74) is 4.92. The second kappa shape index (κ2) is 7.09. The van der Waals surface area contributed by atoms with Crippen molar-refractivity contribution in [1.82, 2.24) is 0 Å². The van der Waals surface area contributed by atoms with Gasteiger partial charge in [0.1, 0.15) is 0 Å². The van der Waals surface area contributed by atoms with Crippen LogP contribution in [-0.4, -0.2) is 13.1 Å². The van der Waals surface area contributed by atoms with Crippen LogP contribution in [0.2, 0.25) is 0 Å².